The molecule has 1 amide bonds. The molecule has 3 nitrogen and oxygen atoms in total. The van der Waals surface area contributed by atoms with Crippen LogP contribution in [0.15, 0.2) is 12.2 Å². The molecule has 0 aromatic carbocycles. The van der Waals surface area contributed by atoms with Gasteiger partial charge in [0.05, 0.1) is 6.04 Å². The minimum atomic E-state index is -0.132. The van der Waals surface area contributed by atoms with Gasteiger partial charge in [-0.2, -0.15) is 0 Å². The molecule has 2 aliphatic heterocycles. The van der Waals surface area contributed by atoms with Crippen LogP contribution < -0.4 is 0 Å². The number of carbonyl (C=O) groups is 2. The lowest BCUT2D eigenvalue weighted by Crippen LogP contribution is -2.40. The van der Waals surface area contributed by atoms with Crippen LogP contribution in [0.2, 0.25) is 0 Å². The average molecular weight is 151 g/mol. The number of ketones is 1. The van der Waals surface area contributed by atoms with Gasteiger partial charge in [-0.05, 0) is 12.5 Å². The summed E-state index contributed by atoms with van der Waals surface area (Å²) in [6.45, 7) is 0.620. The van der Waals surface area contributed by atoms with E-state index in [1.54, 1.807) is 17.1 Å². The van der Waals surface area contributed by atoms with Gasteiger partial charge < -0.3 is 4.90 Å². The molecule has 0 N–H and O–H groups in total. The van der Waals surface area contributed by atoms with Gasteiger partial charge in [0, 0.05) is 13.0 Å². The van der Waals surface area contributed by atoms with Crippen LogP contribution in [0.3, 0.4) is 0 Å². The largest absolute Gasteiger partial charge is 0.329 e. The van der Waals surface area contributed by atoms with Gasteiger partial charge in [-0.25, -0.2) is 0 Å². The van der Waals surface area contributed by atoms with Gasteiger partial charge in [-0.15, -0.1) is 0 Å². The Balaban J connectivity index is 2.28. The zero-order valence-corrected chi connectivity index (χ0v) is 6.12. The van der Waals surface area contributed by atoms with Crippen molar-refractivity contribution >= 4 is 11.7 Å². The van der Waals surface area contributed by atoms with Gasteiger partial charge in [0.1, 0.15) is 0 Å². The van der Waals surface area contributed by atoms with Crippen molar-refractivity contribution in [2.45, 2.75) is 18.9 Å². The second-order valence-corrected chi connectivity index (χ2v) is 2.91. The first-order valence-electron chi connectivity index (χ1n) is 3.79. The Kier molecular flexibility index (Phi) is 1.31. The van der Waals surface area contributed by atoms with E-state index in [1.807, 2.05) is 0 Å². The van der Waals surface area contributed by atoms with Gasteiger partial charge >= 0.3 is 0 Å². The van der Waals surface area contributed by atoms with Crippen LogP contribution in [0.5, 0.6) is 0 Å². The Morgan fingerprint density at radius 2 is 2.27 bits per heavy atom. The van der Waals surface area contributed by atoms with Crippen molar-refractivity contribution in [3.63, 3.8) is 0 Å². The maximum Gasteiger partial charge on any atom is 0.223 e. The van der Waals surface area contributed by atoms with Crippen molar-refractivity contribution in [1.29, 1.82) is 0 Å². The second kappa shape index (κ2) is 2.19. The number of amides is 1. The molecule has 3 heteroatoms. The Hall–Kier alpha value is -1.12. The van der Waals surface area contributed by atoms with Gasteiger partial charge in [0.15, 0.2) is 5.78 Å². The minimum Gasteiger partial charge on any atom is -0.329 e. The first-order chi connectivity index (χ1) is 5.29. The summed E-state index contributed by atoms with van der Waals surface area (Å²) in [5.74, 6) is 0.204. The monoisotopic (exact) mass is 151 g/mol. The lowest BCUT2D eigenvalue weighted by Gasteiger charge is -2.24. The fraction of sp³-hybridized carbons (Fsp3) is 0.500. The topological polar surface area (TPSA) is 37.4 Å². The van der Waals surface area contributed by atoms with E-state index >= 15 is 0 Å². The number of hydrogen-bond acceptors (Lipinski definition) is 2. The van der Waals surface area contributed by atoms with Crippen molar-refractivity contribution in [2.75, 3.05) is 6.54 Å². The minimum absolute atomic E-state index is 0.0853. The molecule has 2 heterocycles. The predicted molar refractivity (Wildman–Crippen MR) is 38.9 cm³/mol. The first kappa shape index (κ1) is 6.58. The van der Waals surface area contributed by atoms with Crippen LogP contribution in [0.25, 0.3) is 0 Å². The maximum absolute atomic E-state index is 11.1. The molecule has 1 fully saturated rings. The van der Waals surface area contributed by atoms with E-state index in [-0.39, 0.29) is 17.7 Å². The number of carbonyl (C=O) groups excluding carboxylic acids is 2. The first-order valence-corrected chi connectivity index (χ1v) is 3.79. The van der Waals surface area contributed by atoms with Crippen molar-refractivity contribution in [2.24, 2.45) is 0 Å². The zero-order chi connectivity index (χ0) is 7.84. The fourth-order valence-electron chi connectivity index (χ4n) is 1.65. The lowest BCUT2D eigenvalue weighted by molar-refractivity contribution is -0.132. The highest BCUT2D eigenvalue weighted by atomic mass is 16.2. The van der Waals surface area contributed by atoms with Crippen LogP contribution in [0, 0.1) is 0 Å². The molecular weight excluding hydrogens is 142 g/mol. The molecule has 2 rings (SSSR count). The van der Waals surface area contributed by atoms with E-state index < -0.39 is 0 Å². The zero-order valence-electron chi connectivity index (χ0n) is 6.12. The molecule has 0 aromatic rings. The van der Waals surface area contributed by atoms with Crippen molar-refractivity contribution in [1.82, 2.24) is 4.90 Å². The van der Waals surface area contributed by atoms with E-state index in [1.165, 1.54) is 0 Å². The summed E-state index contributed by atoms with van der Waals surface area (Å²) in [5.41, 5.74) is 0. The highest BCUT2D eigenvalue weighted by Gasteiger charge is 2.35. The summed E-state index contributed by atoms with van der Waals surface area (Å²) in [5, 5.41) is 0. The number of rotatable bonds is 0. The SMILES string of the molecule is O=C1C=CCN2C(=O)CCC12. The van der Waals surface area contributed by atoms with E-state index in [4.69, 9.17) is 0 Å². The normalized spacial score (nSPS) is 29.5. The van der Waals surface area contributed by atoms with Crippen LogP contribution in [0.4, 0.5) is 0 Å². The molecule has 11 heavy (non-hydrogen) atoms. The van der Waals surface area contributed by atoms with Crippen molar-refractivity contribution in [3.05, 3.63) is 12.2 Å². The third-order valence-corrected chi connectivity index (χ3v) is 2.24. The highest BCUT2D eigenvalue weighted by molar-refractivity contribution is 6.00. The Labute approximate surface area is 64.7 Å². The summed E-state index contributed by atoms with van der Waals surface area (Å²) in [6.07, 6.45) is 4.59. The molecule has 0 aliphatic carbocycles. The predicted octanol–water partition coefficient (Wildman–Crippen LogP) is 0.116. The summed E-state index contributed by atoms with van der Waals surface area (Å²) >= 11 is 0. The van der Waals surface area contributed by atoms with Crippen molar-refractivity contribution in [3.8, 4) is 0 Å². The summed E-state index contributed by atoms with van der Waals surface area (Å²) in [4.78, 5) is 23.9. The molecule has 1 saturated heterocycles. The molecule has 0 saturated carbocycles. The molecule has 0 radical (unpaired) electrons. The van der Waals surface area contributed by atoms with Gasteiger partial charge in [-0.3, -0.25) is 9.59 Å². The number of nitrogens with zero attached hydrogens (tertiary/aromatic N) is 1. The van der Waals surface area contributed by atoms with Crippen LogP contribution in [-0.4, -0.2) is 29.2 Å². The average Bonchev–Trinajstić information content (AvgIpc) is 2.35. The molecule has 0 aromatic heterocycles. The van der Waals surface area contributed by atoms with E-state index in [0.717, 1.165) is 0 Å². The third kappa shape index (κ3) is 0.878. The van der Waals surface area contributed by atoms with Crippen LogP contribution >= 0.6 is 0 Å². The van der Waals surface area contributed by atoms with Gasteiger partial charge in [-0.1, -0.05) is 6.08 Å². The molecule has 0 bridgehead atoms. The van der Waals surface area contributed by atoms with Crippen LogP contribution in [0.1, 0.15) is 12.8 Å². The Morgan fingerprint density at radius 1 is 1.45 bits per heavy atom. The molecule has 1 atom stereocenters. The van der Waals surface area contributed by atoms with E-state index in [2.05, 4.69) is 0 Å². The smallest absolute Gasteiger partial charge is 0.223 e. The Morgan fingerprint density at radius 3 is 3.00 bits per heavy atom. The molecule has 58 valence electrons. The summed E-state index contributed by atoms with van der Waals surface area (Å²) < 4.78 is 0. The van der Waals surface area contributed by atoms with E-state index in [0.29, 0.717) is 19.4 Å². The summed E-state index contributed by atoms with van der Waals surface area (Å²) in [7, 11) is 0. The molecule has 1 unspecified atom stereocenters. The fourth-order valence-corrected chi connectivity index (χ4v) is 1.65. The lowest BCUT2D eigenvalue weighted by atomic mass is 10.1. The van der Waals surface area contributed by atoms with Gasteiger partial charge in [0.2, 0.25) is 5.91 Å². The maximum atomic E-state index is 11.1. The number of fused-ring (bicyclic) bond motifs is 1. The standard InChI is InChI=1S/C8H9NO2/c10-7-2-1-5-9-6(7)3-4-8(9)11/h1-2,6H,3-5H2. The molecule has 0 spiro atoms. The van der Waals surface area contributed by atoms with E-state index in [9.17, 15) is 9.59 Å². The second-order valence-electron chi connectivity index (χ2n) is 2.91. The number of hydrogen-bond donors (Lipinski definition) is 0. The molecular formula is C8H9NO2. The van der Waals surface area contributed by atoms with Crippen LogP contribution in [-0.2, 0) is 9.59 Å². The molecule has 2 aliphatic rings. The summed E-state index contributed by atoms with van der Waals surface area (Å²) in [6, 6.07) is -0.132. The Bertz CT molecular complexity index is 244. The third-order valence-electron chi connectivity index (χ3n) is 2.24. The highest BCUT2D eigenvalue weighted by Crippen LogP contribution is 2.21. The quantitative estimate of drug-likeness (QED) is 0.493. The van der Waals surface area contributed by atoms with Gasteiger partial charge in [0.25, 0.3) is 0 Å². The van der Waals surface area contributed by atoms with Crippen molar-refractivity contribution < 1.29 is 9.59 Å².